The number of rotatable bonds is 8. The van der Waals surface area contributed by atoms with Gasteiger partial charge in [-0.3, -0.25) is 9.69 Å². The molecule has 1 N–H and O–H groups in total. The minimum Gasteiger partial charge on any atom is -0.346 e. The van der Waals surface area contributed by atoms with Gasteiger partial charge in [0.1, 0.15) is 10.8 Å². The molecule has 2 aromatic heterocycles. The molecule has 0 atom stereocenters. The summed E-state index contributed by atoms with van der Waals surface area (Å²) in [5, 5.41) is 14.4. The van der Waals surface area contributed by atoms with E-state index in [1.54, 1.807) is 23.5 Å². The van der Waals surface area contributed by atoms with Gasteiger partial charge in [-0.25, -0.2) is 4.39 Å². The van der Waals surface area contributed by atoms with Gasteiger partial charge in [0.15, 0.2) is 0 Å². The zero-order valence-corrected chi connectivity index (χ0v) is 16.2. The summed E-state index contributed by atoms with van der Waals surface area (Å²) in [7, 11) is 0. The van der Waals surface area contributed by atoms with Crippen molar-refractivity contribution in [3.8, 4) is 0 Å². The van der Waals surface area contributed by atoms with E-state index in [1.165, 1.54) is 41.2 Å². The van der Waals surface area contributed by atoms with E-state index in [9.17, 15) is 9.18 Å². The molecule has 1 saturated carbocycles. The molecule has 1 aliphatic rings. The normalized spacial score (nSPS) is 13.9. The van der Waals surface area contributed by atoms with Crippen molar-refractivity contribution in [2.24, 2.45) is 0 Å². The van der Waals surface area contributed by atoms with Crippen LogP contribution in [0.3, 0.4) is 0 Å². The summed E-state index contributed by atoms with van der Waals surface area (Å²) in [4.78, 5) is 16.0. The first-order valence-electron chi connectivity index (χ1n) is 8.79. The second kappa shape index (κ2) is 8.24. The molecule has 0 unspecified atom stereocenters. The average Bonchev–Trinajstić information content (AvgIpc) is 3.19. The van der Waals surface area contributed by atoms with E-state index in [2.05, 4.69) is 37.9 Å². The fraction of sp³-hybridized carbons (Fsp3) is 0.316. The fourth-order valence-corrected chi connectivity index (χ4v) is 4.31. The van der Waals surface area contributed by atoms with Crippen molar-refractivity contribution >= 4 is 28.6 Å². The first-order valence-corrected chi connectivity index (χ1v) is 10.5. The molecule has 8 heteroatoms. The van der Waals surface area contributed by atoms with Crippen LogP contribution in [0.5, 0.6) is 0 Å². The number of hydrogen-bond acceptors (Lipinski definition) is 6. The molecule has 0 bridgehead atoms. The van der Waals surface area contributed by atoms with E-state index in [0.717, 1.165) is 17.1 Å². The maximum atomic E-state index is 12.9. The van der Waals surface area contributed by atoms with E-state index in [4.69, 9.17) is 0 Å². The first-order chi connectivity index (χ1) is 13.2. The Hall–Kier alpha value is -2.16. The number of halogens is 1. The molecular formula is C19H19FN4OS2. The largest absolute Gasteiger partial charge is 0.346 e. The van der Waals surface area contributed by atoms with Crippen molar-refractivity contribution in [3.05, 3.63) is 68.1 Å². The lowest BCUT2D eigenvalue weighted by Crippen LogP contribution is -2.24. The Kier molecular flexibility index (Phi) is 5.56. The zero-order valence-electron chi connectivity index (χ0n) is 14.6. The summed E-state index contributed by atoms with van der Waals surface area (Å²) in [6.45, 7) is 1.96. The quantitative estimate of drug-likeness (QED) is 0.622. The third-order valence-electron chi connectivity index (χ3n) is 4.37. The van der Waals surface area contributed by atoms with Crippen molar-refractivity contribution < 1.29 is 9.18 Å². The molecule has 0 spiro atoms. The lowest BCUT2D eigenvalue weighted by Gasteiger charge is -2.19. The number of amides is 1. The van der Waals surface area contributed by atoms with Crippen LogP contribution in [0.2, 0.25) is 0 Å². The third kappa shape index (κ3) is 4.97. The smallest absolute Gasteiger partial charge is 0.282 e. The predicted molar refractivity (Wildman–Crippen MR) is 104 cm³/mol. The molecule has 0 radical (unpaired) electrons. The monoisotopic (exact) mass is 402 g/mol. The van der Waals surface area contributed by atoms with Gasteiger partial charge in [0.25, 0.3) is 5.91 Å². The fourth-order valence-electron chi connectivity index (χ4n) is 2.80. The maximum absolute atomic E-state index is 12.9. The highest BCUT2D eigenvalue weighted by Gasteiger charge is 2.30. The number of carbonyl (C=O) groups is 1. The topological polar surface area (TPSA) is 58.1 Å². The molecular weight excluding hydrogens is 383 g/mol. The van der Waals surface area contributed by atoms with Crippen LogP contribution in [-0.2, 0) is 19.6 Å². The minimum absolute atomic E-state index is 0.251. The Morgan fingerprint density at radius 1 is 1.19 bits per heavy atom. The highest BCUT2D eigenvalue weighted by Crippen LogP contribution is 2.31. The van der Waals surface area contributed by atoms with E-state index in [0.29, 0.717) is 24.1 Å². The predicted octanol–water partition coefficient (Wildman–Crippen LogP) is 3.83. The molecule has 140 valence electrons. The van der Waals surface area contributed by atoms with Gasteiger partial charge in [0.05, 0.1) is 6.54 Å². The molecule has 1 fully saturated rings. The number of aromatic nitrogens is 2. The Bertz CT molecular complexity index is 891. The van der Waals surface area contributed by atoms with E-state index >= 15 is 0 Å². The van der Waals surface area contributed by atoms with Crippen molar-refractivity contribution in [2.75, 3.05) is 0 Å². The summed E-state index contributed by atoms with van der Waals surface area (Å²) in [6.07, 6.45) is 2.43. The highest BCUT2D eigenvalue weighted by molar-refractivity contribution is 7.13. The molecule has 1 amide bonds. The molecule has 4 rings (SSSR count). The molecule has 0 saturated heterocycles. The lowest BCUT2D eigenvalue weighted by molar-refractivity contribution is 0.0950. The van der Waals surface area contributed by atoms with Gasteiger partial charge in [-0.1, -0.05) is 29.5 Å². The van der Waals surface area contributed by atoms with Crippen LogP contribution in [0.15, 0.2) is 41.8 Å². The number of hydrogen-bond donors (Lipinski definition) is 1. The van der Waals surface area contributed by atoms with Crippen molar-refractivity contribution in [2.45, 2.75) is 38.5 Å². The van der Waals surface area contributed by atoms with Crippen LogP contribution in [0.25, 0.3) is 0 Å². The standard InChI is InChI=1S/C19H19FN4OS2/c20-14-5-3-13(4-6-14)10-21-18(25)19-23-22-17(27-19)12-24(15-7-8-15)11-16-2-1-9-26-16/h1-6,9,15H,7-8,10-12H2,(H,21,25). The number of nitrogens with one attached hydrogen (secondary N) is 1. The van der Waals surface area contributed by atoms with Crippen LogP contribution < -0.4 is 5.32 Å². The van der Waals surface area contributed by atoms with Crippen LogP contribution in [0.4, 0.5) is 4.39 Å². The zero-order chi connectivity index (χ0) is 18.6. The summed E-state index contributed by atoms with van der Waals surface area (Å²) < 4.78 is 12.9. The third-order valence-corrected chi connectivity index (χ3v) is 6.14. The molecule has 1 aliphatic carbocycles. The lowest BCUT2D eigenvalue weighted by atomic mass is 10.2. The van der Waals surface area contributed by atoms with Gasteiger partial charge in [0.2, 0.25) is 5.01 Å². The van der Waals surface area contributed by atoms with Gasteiger partial charge in [-0.2, -0.15) is 0 Å². The van der Waals surface area contributed by atoms with Gasteiger partial charge in [0, 0.05) is 24.0 Å². The van der Waals surface area contributed by atoms with E-state index < -0.39 is 0 Å². The van der Waals surface area contributed by atoms with Crippen molar-refractivity contribution in [1.82, 2.24) is 20.4 Å². The van der Waals surface area contributed by atoms with E-state index in [1.807, 2.05) is 0 Å². The number of benzene rings is 1. The van der Waals surface area contributed by atoms with Gasteiger partial charge in [-0.05, 0) is 42.0 Å². The van der Waals surface area contributed by atoms with Gasteiger partial charge < -0.3 is 5.32 Å². The molecule has 2 heterocycles. The molecule has 27 heavy (non-hydrogen) atoms. The Morgan fingerprint density at radius 3 is 2.70 bits per heavy atom. The van der Waals surface area contributed by atoms with Gasteiger partial charge in [-0.15, -0.1) is 21.5 Å². The molecule has 1 aromatic carbocycles. The number of carbonyl (C=O) groups excluding carboxylic acids is 1. The summed E-state index contributed by atoms with van der Waals surface area (Å²) in [5.74, 6) is -0.541. The average molecular weight is 403 g/mol. The van der Waals surface area contributed by atoms with Crippen molar-refractivity contribution in [1.29, 1.82) is 0 Å². The molecule has 5 nitrogen and oxygen atoms in total. The van der Waals surface area contributed by atoms with E-state index in [-0.39, 0.29) is 11.7 Å². The number of nitrogens with zero attached hydrogens (tertiary/aromatic N) is 3. The van der Waals surface area contributed by atoms with Crippen LogP contribution in [-0.4, -0.2) is 27.0 Å². The Labute approximate surface area is 164 Å². The number of thiophene rings is 1. The molecule has 3 aromatic rings. The second-order valence-corrected chi connectivity index (χ2v) is 8.62. The SMILES string of the molecule is O=C(NCc1ccc(F)cc1)c1nnc(CN(Cc2cccs2)C2CC2)s1. The summed E-state index contributed by atoms with van der Waals surface area (Å²) >= 11 is 3.09. The highest BCUT2D eigenvalue weighted by atomic mass is 32.1. The van der Waals surface area contributed by atoms with Crippen LogP contribution in [0, 0.1) is 5.82 Å². The van der Waals surface area contributed by atoms with Gasteiger partial charge >= 0.3 is 0 Å². The summed E-state index contributed by atoms with van der Waals surface area (Å²) in [6, 6.07) is 10.9. The minimum atomic E-state index is -0.290. The Balaban J connectivity index is 1.34. The first kappa shape index (κ1) is 18.2. The van der Waals surface area contributed by atoms with Crippen LogP contribution >= 0.6 is 22.7 Å². The second-order valence-electron chi connectivity index (χ2n) is 6.53. The summed E-state index contributed by atoms with van der Waals surface area (Å²) in [5.41, 5.74) is 0.838. The van der Waals surface area contributed by atoms with Crippen LogP contribution in [0.1, 0.15) is 38.1 Å². The maximum Gasteiger partial charge on any atom is 0.282 e. The Morgan fingerprint density at radius 2 is 2.00 bits per heavy atom. The van der Waals surface area contributed by atoms with Crippen molar-refractivity contribution in [3.63, 3.8) is 0 Å². The molecule has 0 aliphatic heterocycles.